The van der Waals surface area contributed by atoms with Crippen molar-refractivity contribution in [3.8, 4) is 0 Å². The number of hydrogen-bond donors (Lipinski definition) is 1. The van der Waals surface area contributed by atoms with Gasteiger partial charge < -0.3 is 9.67 Å². The number of aromatic carboxylic acids is 1. The molecule has 0 saturated carbocycles. The summed E-state index contributed by atoms with van der Waals surface area (Å²) in [6, 6.07) is 7.00. The van der Waals surface area contributed by atoms with Gasteiger partial charge in [0.15, 0.2) is 0 Å². The second kappa shape index (κ2) is 4.93. The molecular formula is C15H14ClN3O2. The summed E-state index contributed by atoms with van der Waals surface area (Å²) in [7, 11) is 1.81. The number of carboxylic acids is 1. The molecule has 0 spiro atoms. The molecule has 21 heavy (non-hydrogen) atoms. The molecule has 0 aliphatic carbocycles. The first-order valence-corrected chi connectivity index (χ1v) is 6.85. The average Bonchev–Trinajstić information content (AvgIpc) is 2.95. The molecule has 0 atom stereocenters. The van der Waals surface area contributed by atoms with Gasteiger partial charge in [-0.05, 0) is 31.2 Å². The molecule has 1 N–H and O–H groups in total. The minimum atomic E-state index is -0.921. The van der Waals surface area contributed by atoms with Gasteiger partial charge in [-0.25, -0.2) is 4.79 Å². The SMILES string of the molecule is Cc1nn(C)c(Cl)c1Cn1ccc2cc(C(=O)O)ccc21. The normalized spacial score (nSPS) is 11.2. The third kappa shape index (κ3) is 2.29. The van der Waals surface area contributed by atoms with Crippen molar-refractivity contribution in [3.05, 3.63) is 52.4 Å². The molecule has 0 fully saturated rings. The maximum atomic E-state index is 11.0. The lowest BCUT2D eigenvalue weighted by molar-refractivity contribution is 0.0697. The van der Waals surface area contributed by atoms with Crippen LogP contribution in [0, 0.1) is 6.92 Å². The van der Waals surface area contributed by atoms with E-state index in [1.807, 2.05) is 36.9 Å². The number of aryl methyl sites for hydroxylation is 2. The number of halogens is 1. The quantitative estimate of drug-likeness (QED) is 0.809. The van der Waals surface area contributed by atoms with E-state index < -0.39 is 5.97 Å². The molecule has 108 valence electrons. The predicted molar refractivity (Wildman–Crippen MR) is 81.0 cm³/mol. The Kier molecular flexibility index (Phi) is 3.22. The maximum absolute atomic E-state index is 11.0. The molecule has 2 heterocycles. The van der Waals surface area contributed by atoms with Crippen molar-refractivity contribution >= 4 is 28.5 Å². The smallest absolute Gasteiger partial charge is 0.335 e. The van der Waals surface area contributed by atoms with Crippen LogP contribution in [0.3, 0.4) is 0 Å². The number of hydrogen-bond acceptors (Lipinski definition) is 2. The van der Waals surface area contributed by atoms with Crippen LogP contribution in [-0.4, -0.2) is 25.4 Å². The minimum absolute atomic E-state index is 0.288. The Morgan fingerprint density at radius 1 is 1.38 bits per heavy atom. The maximum Gasteiger partial charge on any atom is 0.335 e. The van der Waals surface area contributed by atoms with Crippen LogP contribution in [0.15, 0.2) is 30.5 Å². The molecule has 5 nitrogen and oxygen atoms in total. The second-order valence-corrected chi connectivity index (χ2v) is 5.36. The predicted octanol–water partition coefficient (Wildman–Crippen LogP) is 3.08. The summed E-state index contributed by atoms with van der Waals surface area (Å²) in [4.78, 5) is 11.0. The van der Waals surface area contributed by atoms with E-state index in [4.69, 9.17) is 16.7 Å². The zero-order valence-electron chi connectivity index (χ0n) is 11.7. The highest BCUT2D eigenvalue weighted by atomic mass is 35.5. The highest BCUT2D eigenvalue weighted by Crippen LogP contribution is 2.23. The minimum Gasteiger partial charge on any atom is -0.478 e. The first-order chi connectivity index (χ1) is 9.97. The number of rotatable bonds is 3. The molecule has 6 heteroatoms. The van der Waals surface area contributed by atoms with Crippen LogP contribution in [0.2, 0.25) is 5.15 Å². The fraction of sp³-hybridized carbons (Fsp3) is 0.200. The van der Waals surface area contributed by atoms with E-state index in [2.05, 4.69) is 5.10 Å². The third-order valence-corrected chi connectivity index (χ3v) is 4.09. The van der Waals surface area contributed by atoms with Crippen molar-refractivity contribution in [1.29, 1.82) is 0 Å². The van der Waals surface area contributed by atoms with E-state index in [1.165, 1.54) is 0 Å². The molecule has 0 unspecified atom stereocenters. The Hall–Kier alpha value is -2.27. The summed E-state index contributed by atoms with van der Waals surface area (Å²) in [6.07, 6.45) is 1.93. The van der Waals surface area contributed by atoms with Crippen LogP contribution in [0.25, 0.3) is 10.9 Å². The van der Waals surface area contributed by atoms with Crippen molar-refractivity contribution in [2.24, 2.45) is 7.05 Å². The molecule has 0 radical (unpaired) electrons. The van der Waals surface area contributed by atoms with Crippen molar-refractivity contribution in [3.63, 3.8) is 0 Å². The molecule has 0 saturated heterocycles. The van der Waals surface area contributed by atoms with Crippen molar-refractivity contribution < 1.29 is 9.90 Å². The van der Waals surface area contributed by atoms with Crippen LogP contribution in [-0.2, 0) is 13.6 Å². The van der Waals surface area contributed by atoms with Gasteiger partial charge in [-0.2, -0.15) is 5.10 Å². The summed E-state index contributed by atoms with van der Waals surface area (Å²) < 4.78 is 3.69. The number of aromatic nitrogens is 3. The first kappa shape index (κ1) is 13.7. The van der Waals surface area contributed by atoms with Crippen LogP contribution < -0.4 is 0 Å². The van der Waals surface area contributed by atoms with Gasteiger partial charge in [0.1, 0.15) is 5.15 Å². The van der Waals surface area contributed by atoms with Gasteiger partial charge in [-0.15, -0.1) is 0 Å². The topological polar surface area (TPSA) is 60.0 Å². The van der Waals surface area contributed by atoms with Gasteiger partial charge in [0.2, 0.25) is 0 Å². The molecule has 3 aromatic rings. The number of nitrogens with zero attached hydrogens (tertiary/aromatic N) is 3. The Bertz CT molecular complexity index is 848. The fourth-order valence-corrected chi connectivity index (χ4v) is 2.73. The van der Waals surface area contributed by atoms with Crippen LogP contribution in [0.5, 0.6) is 0 Å². The summed E-state index contributed by atoms with van der Waals surface area (Å²) in [5.74, 6) is -0.921. The van der Waals surface area contributed by atoms with Crippen LogP contribution >= 0.6 is 11.6 Å². The Morgan fingerprint density at radius 3 is 2.76 bits per heavy atom. The number of fused-ring (bicyclic) bond motifs is 1. The zero-order valence-corrected chi connectivity index (χ0v) is 12.4. The average molecular weight is 304 g/mol. The van der Waals surface area contributed by atoms with Gasteiger partial charge >= 0.3 is 5.97 Å². The Labute approximate surface area is 126 Å². The van der Waals surface area contributed by atoms with Crippen LogP contribution in [0.1, 0.15) is 21.6 Å². The lowest BCUT2D eigenvalue weighted by Crippen LogP contribution is -2.00. The molecule has 0 aliphatic heterocycles. The van der Waals surface area contributed by atoms with Crippen LogP contribution in [0.4, 0.5) is 0 Å². The molecule has 1 aromatic carbocycles. The van der Waals surface area contributed by atoms with E-state index >= 15 is 0 Å². The molecular weight excluding hydrogens is 290 g/mol. The molecule has 0 bridgehead atoms. The van der Waals surface area contributed by atoms with Crippen molar-refractivity contribution in [1.82, 2.24) is 14.3 Å². The van der Waals surface area contributed by atoms with Gasteiger partial charge in [0, 0.05) is 29.7 Å². The van der Waals surface area contributed by atoms with E-state index in [9.17, 15) is 4.79 Å². The molecule has 2 aromatic heterocycles. The van der Waals surface area contributed by atoms with Gasteiger partial charge in [-0.3, -0.25) is 4.68 Å². The van der Waals surface area contributed by atoms with Crippen molar-refractivity contribution in [2.45, 2.75) is 13.5 Å². The van der Waals surface area contributed by atoms with Crippen molar-refractivity contribution in [2.75, 3.05) is 0 Å². The van der Waals surface area contributed by atoms with E-state index in [1.54, 1.807) is 16.8 Å². The number of carbonyl (C=O) groups is 1. The Morgan fingerprint density at radius 2 is 2.14 bits per heavy atom. The van der Waals surface area contributed by atoms with E-state index in [0.29, 0.717) is 11.7 Å². The van der Waals surface area contributed by atoms with Gasteiger partial charge in [0.05, 0.1) is 17.8 Å². The molecule has 0 amide bonds. The molecule has 0 aliphatic rings. The third-order valence-electron chi connectivity index (χ3n) is 3.62. The lowest BCUT2D eigenvalue weighted by atomic mass is 10.1. The highest BCUT2D eigenvalue weighted by molar-refractivity contribution is 6.30. The lowest BCUT2D eigenvalue weighted by Gasteiger charge is -2.06. The summed E-state index contributed by atoms with van der Waals surface area (Å²) in [6.45, 7) is 2.53. The van der Waals surface area contributed by atoms with E-state index in [-0.39, 0.29) is 5.56 Å². The van der Waals surface area contributed by atoms with Gasteiger partial charge in [0.25, 0.3) is 0 Å². The zero-order chi connectivity index (χ0) is 15.1. The largest absolute Gasteiger partial charge is 0.478 e. The molecule has 3 rings (SSSR count). The number of benzene rings is 1. The Balaban J connectivity index is 2.03. The summed E-state index contributed by atoms with van der Waals surface area (Å²) in [5.41, 5.74) is 3.13. The highest BCUT2D eigenvalue weighted by Gasteiger charge is 2.13. The summed E-state index contributed by atoms with van der Waals surface area (Å²) in [5, 5.41) is 14.8. The number of carboxylic acid groups (broad SMARTS) is 1. The monoisotopic (exact) mass is 303 g/mol. The van der Waals surface area contributed by atoms with E-state index in [0.717, 1.165) is 22.2 Å². The summed E-state index contributed by atoms with van der Waals surface area (Å²) >= 11 is 6.26. The second-order valence-electron chi connectivity index (χ2n) is 5.00. The fourth-order valence-electron chi connectivity index (χ4n) is 2.49. The first-order valence-electron chi connectivity index (χ1n) is 6.47. The standard InChI is InChI=1S/C15H14ClN3O2/c1-9-12(14(16)18(2)17-9)8-19-6-5-10-7-11(15(20)21)3-4-13(10)19/h3-7H,8H2,1-2H3,(H,20,21). The van der Waals surface area contributed by atoms with Gasteiger partial charge in [-0.1, -0.05) is 11.6 Å².